The van der Waals surface area contributed by atoms with Gasteiger partial charge in [-0.3, -0.25) is 0 Å². The number of nitrogens with one attached hydrogen (secondary N) is 1. The van der Waals surface area contributed by atoms with Crippen molar-refractivity contribution in [3.8, 4) is 5.75 Å². The van der Waals surface area contributed by atoms with Gasteiger partial charge in [0.15, 0.2) is 0 Å². The smallest absolute Gasteiger partial charge is 0.122 e. The molecule has 0 aromatic heterocycles. The Morgan fingerprint density at radius 3 is 2.42 bits per heavy atom. The lowest BCUT2D eigenvalue weighted by molar-refractivity contribution is 0.415. The molecule has 2 rings (SSSR count). The number of hydrogen-bond donors (Lipinski definition) is 2. The van der Waals surface area contributed by atoms with Gasteiger partial charge in [0.05, 0.1) is 7.11 Å². The molecule has 0 saturated carbocycles. The molecule has 3 heteroatoms. The number of nitrogens with two attached hydrogens (primary N) is 1. The minimum absolute atomic E-state index is 0.215. The molecule has 100 valence electrons. The van der Waals surface area contributed by atoms with Crippen molar-refractivity contribution in [2.75, 3.05) is 18.2 Å². The van der Waals surface area contributed by atoms with Crippen molar-refractivity contribution in [3.05, 3.63) is 53.6 Å². The van der Waals surface area contributed by atoms with Crippen LogP contribution in [0.2, 0.25) is 0 Å². The third-order valence-corrected chi connectivity index (χ3v) is 3.13. The molecular formula is C16H20N2O. The van der Waals surface area contributed by atoms with Crippen LogP contribution >= 0.6 is 0 Å². The number of benzene rings is 2. The van der Waals surface area contributed by atoms with Crippen molar-refractivity contribution < 1.29 is 4.74 Å². The van der Waals surface area contributed by atoms with Gasteiger partial charge in [-0.1, -0.05) is 29.8 Å². The molecule has 2 aromatic carbocycles. The average Bonchev–Trinajstić information content (AvgIpc) is 2.38. The SMILES string of the molecule is COc1cc(N)cc(NC(C)c2ccc(C)cc2)c1. The van der Waals surface area contributed by atoms with Crippen LogP contribution in [0.25, 0.3) is 0 Å². The summed E-state index contributed by atoms with van der Waals surface area (Å²) in [6, 6.07) is 14.4. The van der Waals surface area contributed by atoms with E-state index in [-0.39, 0.29) is 6.04 Å². The summed E-state index contributed by atoms with van der Waals surface area (Å²) in [7, 11) is 1.64. The van der Waals surface area contributed by atoms with Gasteiger partial charge in [-0.15, -0.1) is 0 Å². The summed E-state index contributed by atoms with van der Waals surface area (Å²) in [5.41, 5.74) is 10.0. The Morgan fingerprint density at radius 1 is 1.11 bits per heavy atom. The molecule has 0 spiro atoms. The zero-order chi connectivity index (χ0) is 13.8. The zero-order valence-corrected chi connectivity index (χ0v) is 11.6. The number of aryl methyl sites for hydroxylation is 1. The minimum Gasteiger partial charge on any atom is -0.497 e. The summed E-state index contributed by atoms with van der Waals surface area (Å²) in [5, 5.41) is 3.43. The van der Waals surface area contributed by atoms with E-state index >= 15 is 0 Å². The number of nitrogen functional groups attached to an aromatic ring is 1. The van der Waals surface area contributed by atoms with Gasteiger partial charge in [-0.25, -0.2) is 0 Å². The highest BCUT2D eigenvalue weighted by Crippen LogP contribution is 2.26. The Kier molecular flexibility index (Phi) is 3.95. The normalized spacial score (nSPS) is 11.9. The third kappa shape index (κ3) is 3.41. The largest absolute Gasteiger partial charge is 0.497 e. The Morgan fingerprint density at radius 2 is 1.79 bits per heavy atom. The molecule has 0 aliphatic rings. The highest BCUT2D eigenvalue weighted by Gasteiger charge is 2.06. The molecule has 19 heavy (non-hydrogen) atoms. The third-order valence-electron chi connectivity index (χ3n) is 3.13. The first-order valence-corrected chi connectivity index (χ1v) is 6.36. The molecule has 2 aromatic rings. The van der Waals surface area contributed by atoms with Crippen LogP contribution in [0.3, 0.4) is 0 Å². The van der Waals surface area contributed by atoms with Crippen molar-refractivity contribution in [2.45, 2.75) is 19.9 Å². The lowest BCUT2D eigenvalue weighted by atomic mass is 10.1. The number of hydrogen-bond acceptors (Lipinski definition) is 3. The fourth-order valence-corrected chi connectivity index (χ4v) is 2.01. The molecule has 0 fully saturated rings. The highest BCUT2D eigenvalue weighted by atomic mass is 16.5. The number of methoxy groups -OCH3 is 1. The van der Waals surface area contributed by atoms with Crippen molar-refractivity contribution >= 4 is 11.4 Å². The van der Waals surface area contributed by atoms with E-state index in [4.69, 9.17) is 10.5 Å². The van der Waals surface area contributed by atoms with Crippen molar-refractivity contribution in [3.63, 3.8) is 0 Å². The highest BCUT2D eigenvalue weighted by molar-refractivity contribution is 5.59. The van der Waals surface area contributed by atoms with E-state index in [1.807, 2.05) is 18.2 Å². The summed E-state index contributed by atoms with van der Waals surface area (Å²) in [6.45, 7) is 4.21. The van der Waals surface area contributed by atoms with Crippen LogP contribution in [-0.4, -0.2) is 7.11 Å². The topological polar surface area (TPSA) is 47.3 Å². The van der Waals surface area contributed by atoms with Gasteiger partial charge < -0.3 is 15.8 Å². The van der Waals surface area contributed by atoms with E-state index in [0.29, 0.717) is 5.69 Å². The lowest BCUT2D eigenvalue weighted by Gasteiger charge is -2.17. The van der Waals surface area contributed by atoms with E-state index in [0.717, 1.165) is 11.4 Å². The van der Waals surface area contributed by atoms with Crippen LogP contribution in [0, 0.1) is 6.92 Å². The van der Waals surface area contributed by atoms with Gasteiger partial charge in [0.1, 0.15) is 5.75 Å². The molecule has 0 saturated heterocycles. The molecule has 0 aliphatic heterocycles. The summed E-state index contributed by atoms with van der Waals surface area (Å²) >= 11 is 0. The summed E-state index contributed by atoms with van der Waals surface area (Å²) < 4.78 is 5.22. The minimum atomic E-state index is 0.215. The van der Waals surface area contributed by atoms with Crippen LogP contribution in [0.5, 0.6) is 5.75 Å². The first-order chi connectivity index (χ1) is 9.08. The van der Waals surface area contributed by atoms with Crippen molar-refractivity contribution in [1.29, 1.82) is 0 Å². The van der Waals surface area contributed by atoms with Crippen LogP contribution in [-0.2, 0) is 0 Å². The van der Waals surface area contributed by atoms with Gasteiger partial charge in [0.2, 0.25) is 0 Å². The predicted octanol–water partition coefficient (Wildman–Crippen LogP) is 3.76. The molecule has 3 nitrogen and oxygen atoms in total. The maximum absolute atomic E-state index is 5.85. The molecule has 1 unspecified atom stereocenters. The maximum atomic E-state index is 5.85. The van der Waals surface area contributed by atoms with Crippen molar-refractivity contribution in [2.24, 2.45) is 0 Å². The van der Waals surface area contributed by atoms with Gasteiger partial charge in [-0.05, 0) is 25.5 Å². The Balaban J connectivity index is 2.16. The quantitative estimate of drug-likeness (QED) is 0.819. The van der Waals surface area contributed by atoms with E-state index in [1.165, 1.54) is 11.1 Å². The van der Waals surface area contributed by atoms with E-state index < -0.39 is 0 Å². The molecule has 0 amide bonds. The monoisotopic (exact) mass is 256 g/mol. The zero-order valence-electron chi connectivity index (χ0n) is 11.6. The summed E-state index contributed by atoms with van der Waals surface area (Å²) in [5.74, 6) is 0.763. The molecule has 0 bridgehead atoms. The Hall–Kier alpha value is -2.16. The maximum Gasteiger partial charge on any atom is 0.122 e. The second kappa shape index (κ2) is 5.65. The van der Waals surface area contributed by atoms with Crippen LogP contribution in [0.1, 0.15) is 24.1 Å². The second-order valence-corrected chi connectivity index (χ2v) is 4.77. The molecule has 3 N–H and O–H groups in total. The van der Waals surface area contributed by atoms with Crippen LogP contribution in [0.15, 0.2) is 42.5 Å². The van der Waals surface area contributed by atoms with Gasteiger partial charge in [0.25, 0.3) is 0 Å². The fourth-order valence-electron chi connectivity index (χ4n) is 2.01. The van der Waals surface area contributed by atoms with Crippen LogP contribution in [0.4, 0.5) is 11.4 Å². The molecular weight excluding hydrogens is 236 g/mol. The van der Waals surface area contributed by atoms with Gasteiger partial charge in [-0.2, -0.15) is 0 Å². The molecule has 1 atom stereocenters. The Labute approximate surface area is 114 Å². The summed E-state index contributed by atoms with van der Waals surface area (Å²) in [4.78, 5) is 0. The van der Waals surface area contributed by atoms with E-state index in [9.17, 15) is 0 Å². The number of rotatable bonds is 4. The fraction of sp³-hybridized carbons (Fsp3) is 0.250. The second-order valence-electron chi connectivity index (χ2n) is 4.77. The molecule has 0 aliphatic carbocycles. The van der Waals surface area contributed by atoms with Crippen molar-refractivity contribution in [1.82, 2.24) is 0 Å². The standard InChI is InChI=1S/C16H20N2O/c1-11-4-6-13(7-5-11)12(2)18-15-8-14(17)9-16(10-15)19-3/h4-10,12,18H,17H2,1-3H3. The Bertz CT molecular complexity index is 549. The molecule has 0 radical (unpaired) electrons. The molecule has 0 heterocycles. The lowest BCUT2D eigenvalue weighted by Crippen LogP contribution is -2.07. The number of anilines is 2. The van der Waals surface area contributed by atoms with Gasteiger partial charge >= 0.3 is 0 Å². The van der Waals surface area contributed by atoms with Crippen LogP contribution < -0.4 is 15.8 Å². The van der Waals surface area contributed by atoms with E-state index in [2.05, 4.69) is 43.4 Å². The average molecular weight is 256 g/mol. The first kappa shape index (κ1) is 13.3. The predicted molar refractivity (Wildman–Crippen MR) is 80.6 cm³/mol. The van der Waals surface area contributed by atoms with E-state index in [1.54, 1.807) is 7.11 Å². The number of ether oxygens (including phenoxy) is 1. The first-order valence-electron chi connectivity index (χ1n) is 6.36. The van der Waals surface area contributed by atoms with Gasteiger partial charge in [0, 0.05) is 29.5 Å². The summed E-state index contributed by atoms with van der Waals surface area (Å²) in [6.07, 6.45) is 0.